The van der Waals surface area contributed by atoms with Crippen LogP contribution in [0.25, 0.3) is 11.0 Å². The number of hydrogen-bond acceptors (Lipinski definition) is 4. The summed E-state index contributed by atoms with van der Waals surface area (Å²) in [5.74, 6) is 0.850. The quantitative estimate of drug-likeness (QED) is 0.797. The molecule has 1 N–H and O–H groups in total. The molecule has 0 atom stereocenters. The highest BCUT2D eigenvalue weighted by Gasteiger charge is 2.13. The standard InChI is InChI=1S/C15H13ClN2O3/c1-8-3-13-11(6-12(8)16)10(7-20-13)5-15(19)17-14-4-9(2)21-18-14/h3-4,6-7H,5H2,1-2H3,(H,17,18,19). The summed E-state index contributed by atoms with van der Waals surface area (Å²) in [5, 5.41) is 7.89. The average molecular weight is 305 g/mol. The number of furan rings is 1. The van der Waals surface area contributed by atoms with Gasteiger partial charge in [-0.1, -0.05) is 16.8 Å². The molecule has 0 radical (unpaired) electrons. The van der Waals surface area contributed by atoms with E-state index in [1.54, 1.807) is 19.3 Å². The van der Waals surface area contributed by atoms with Gasteiger partial charge in [0.05, 0.1) is 12.7 Å². The molecule has 0 fully saturated rings. The maximum Gasteiger partial charge on any atom is 0.230 e. The molecule has 0 aliphatic carbocycles. The minimum absolute atomic E-state index is 0.179. The highest BCUT2D eigenvalue weighted by Crippen LogP contribution is 2.28. The Kier molecular flexibility index (Phi) is 3.43. The van der Waals surface area contributed by atoms with E-state index in [9.17, 15) is 4.79 Å². The summed E-state index contributed by atoms with van der Waals surface area (Å²) in [5.41, 5.74) is 2.44. The van der Waals surface area contributed by atoms with Crippen molar-refractivity contribution < 1.29 is 13.7 Å². The molecule has 2 heterocycles. The lowest BCUT2D eigenvalue weighted by Gasteiger charge is -2.01. The number of amides is 1. The summed E-state index contributed by atoms with van der Waals surface area (Å²) in [6, 6.07) is 5.34. The predicted molar refractivity (Wildman–Crippen MR) is 79.5 cm³/mol. The third kappa shape index (κ3) is 2.78. The number of carbonyl (C=O) groups is 1. The average Bonchev–Trinajstić information content (AvgIpc) is 2.98. The van der Waals surface area contributed by atoms with Crippen LogP contribution in [0.5, 0.6) is 0 Å². The van der Waals surface area contributed by atoms with Gasteiger partial charge in [0.2, 0.25) is 5.91 Å². The zero-order valence-electron chi connectivity index (χ0n) is 11.6. The highest BCUT2D eigenvalue weighted by atomic mass is 35.5. The van der Waals surface area contributed by atoms with E-state index in [-0.39, 0.29) is 12.3 Å². The van der Waals surface area contributed by atoms with Crippen LogP contribution in [0.4, 0.5) is 5.82 Å². The van der Waals surface area contributed by atoms with Crippen LogP contribution in [0.1, 0.15) is 16.9 Å². The zero-order chi connectivity index (χ0) is 15.0. The first kappa shape index (κ1) is 13.7. The van der Waals surface area contributed by atoms with Gasteiger partial charge in [-0.2, -0.15) is 0 Å². The van der Waals surface area contributed by atoms with E-state index in [1.807, 2.05) is 19.1 Å². The molecule has 0 bridgehead atoms. The minimum atomic E-state index is -0.192. The number of aromatic nitrogens is 1. The van der Waals surface area contributed by atoms with Crippen molar-refractivity contribution in [3.05, 3.63) is 46.4 Å². The van der Waals surface area contributed by atoms with Crippen molar-refractivity contribution in [2.45, 2.75) is 20.3 Å². The molecule has 0 aliphatic heterocycles. The van der Waals surface area contributed by atoms with Crippen molar-refractivity contribution in [1.29, 1.82) is 0 Å². The smallest absolute Gasteiger partial charge is 0.230 e. The van der Waals surface area contributed by atoms with Crippen LogP contribution in [-0.4, -0.2) is 11.1 Å². The Bertz CT molecular complexity index is 820. The van der Waals surface area contributed by atoms with E-state index >= 15 is 0 Å². The van der Waals surface area contributed by atoms with Crippen LogP contribution >= 0.6 is 11.6 Å². The van der Waals surface area contributed by atoms with Gasteiger partial charge in [-0.3, -0.25) is 4.79 Å². The number of hydrogen-bond donors (Lipinski definition) is 1. The Morgan fingerprint density at radius 2 is 2.14 bits per heavy atom. The van der Waals surface area contributed by atoms with Crippen LogP contribution in [-0.2, 0) is 11.2 Å². The van der Waals surface area contributed by atoms with E-state index in [4.69, 9.17) is 20.5 Å². The number of anilines is 1. The summed E-state index contributed by atoms with van der Waals surface area (Å²) in [6.07, 6.45) is 1.76. The Morgan fingerprint density at radius 3 is 2.86 bits per heavy atom. The van der Waals surface area contributed by atoms with E-state index < -0.39 is 0 Å². The number of rotatable bonds is 3. The lowest BCUT2D eigenvalue weighted by atomic mass is 10.1. The number of halogens is 1. The van der Waals surface area contributed by atoms with Gasteiger partial charge in [-0.25, -0.2) is 0 Å². The zero-order valence-corrected chi connectivity index (χ0v) is 12.3. The minimum Gasteiger partial charge on any atom is -0.464 e. The van der Waals surface area contributed by atoms with Crippen molar-refractivity contribution in [2.24, 2.45) is 0 Å². The normalized spacial score (nSPS) is 11.0. The van der Waals surface area contributed by atoms with Gasteiger partial charge in [0.15, 0.2) is 5.82 Å². The molecule has 2 aromatic heterocycles. The molecule has 1 amide bonds. The molecule has 0 saturated carbocycles. The highest BCUT2D eigenvalue weighted by molar-refractivity contribution is 6.32. The Morgan fingerprint density at radius 1 is 1.33 bits per heavy atom. The van der Waals surface area contributed by atoms with Gasteiger partial charge >= 0.3 is 0 Å². The Balaban J connectivity index is 1.81. The van der Waals surface area contributed by atoms with Crippen LogP contribution in [0.2, 0.25) is 5.02 Å². The van der Waals surface area contributed by atoms with Crippen molar-refractivity contribution in [2.75, 3.05) is 5.32 Å². The molecule has 5 nitrogen and oxygen atoms in total. The fraction of sp³-hybridized carbons (Fsp3) is 0.200. The molecule has 3 rings (SSSR count). The summed E-state index contributed by atoms with van der Waals surface area (Å²) < 4.78 is 10.4. The van der Waals surface area contributed by atoms with Crippen LogP contribution in [0, 0.1) is 13.8 Å². The second kappa shape index (κ2) is 5.26. The number of nitrogens with one attached hydrogen (secondary N) is 1. The Labute approximate surface area is 125 Å². The van der Waals surface area contributed by atoms with E-state index in [1.165, 1.54) is 0 Å². The first-order valence-corrected chi connectivity index (χ1v) is 6.80. The lowest BCUT2D eigenvalue weighted by Crippen LogP contribution is -2.14. The number of aryl methyl sites for hydroxylation is 2. The molecule has 0 unspecified atom stereocenters. The molecule has 1 aromatic carbocycles. The second-order valence-corrected chi connectivity index (χ2v) is 5.31. The molecule has 0 aliphatic rings. The van der Waals surface area contributed by atoms with Gasteiger partial charge in [0, 0.05) is 22.0 Å². The van der Waals surface area contributed by atoms with Crippen molar-refractivity contribution >= 4 is 34.3 Å². The summed E-state index contributed by atoms with van der Waals surface area (Å²) in [7, 11) is 0. The van der Waals surface area contributed by atoms with Gasteiger partial charge in [0.25, 0.3) is 0 Å². The first-order chi connectivity index (χ1) is 10.0. The van der Waals surface area contributed by atoms with E-state index in [0.717, 1.165) is 22.1 Å². The SMILES string of the molecule is Cc1cc(NC(=O)Cc2coc3cc(C)c(Cl)cc23)no1. The maximum absolute atomic E-state index is 12.0. The summed E-state index contributed by atoms with van der Waals surface area (Å²) >= 11 is 6.12. The van der Waals surface area contributed by atoms with Gasteiger partial charge in [0.1, 0.15) is 11.3 Å². The second-order valence-electron chi connectivity index (χ2n) is 4.91. The number of benzene rings is 1. The maximum atomic E-state index is 12.0. The molecule has 0 saturated heterocycles. The van der Waals surface area contributed by atoms with Gasteiger partial charge < -0.3 is 14.3 Å². The number of fused-ring (bicyclic) bond motifs is 1. The monoisotopic (exact) mass is 304 g/mol. The third-order valence-electron chi connectivity index (χ3n) is 3.18. The van der Waals surface area contributed by atoms with Gasteiger partial charge in [-0.15, -0.1) is 0 Å². The van der Waals surface area contributed by atoms with E-state index in [0.29, 0.717) is 16.6 Å². The van der Waals surface area contributed by atoms with Crippen molar-refractivity contribution in [3.63, 3.8) is 0 Å². The Hall–Kier alpha value is -2.27. The van der Waals surface area contributed by atoms with E-state index in [2.05, 4.69) is 10.5 Å². The predicted octanol–water partition coefficient (Wildman–Crippen LogP) is 3.87. The molecule has 21 heavy (non-hydrogen) atoms. The number of carbonyl (C=O) groups excluding carboxylic acids is 1. The molecule has 108 valence electrons. The van der Waals surface area contributed by atoms with Crippen LogP contribution < -0.4 is 5.32 Å². The molecular weight excluding hydrogens is 292 g/mol. The summed E-state index contributed by atoms with van der Waals surface area (Å²) in [4.78, 5) is 12.0. The molecule has 0 spiro atoms. The third-order valence-corrected chi connectivity index (χ3v) is 3.59. The summed E-state index contributed by atoms with van der Waals surface area (Å²) in [6.45, 7) is 3.67. The van der Waals surface area contributed by atoms with Crippen molar-refractivity contribution in [3.8, 4) is 0 Å². The molecule has 6 heteroatoms. The molecular formula is C15H13ClN2O3. The fourth-order valence-electron chi connectivity index (χ4n) is 2.12. The van der Waals surface area contributed by atoms with Crippen LogP contribution in [0.3, 0.4) is 0 Å². The largest absolute Gasteiger partial charge is 0.464 e. The van der Waals surface area contributed by atoms with Gasteiger partial charge in [-0.05, 0) is 31.5 Å². The van der Waals surface area contributed by atoms with Crippen LogP contribution in [0.15, 0.2) is 33.4 Å². The fourth-order valence-corrected chi connectivity index (χ4v) is 2.29. The lowest BCUT2D eigenvalue weighted by molar-refractivity contribution is -0.115. The topological polar surface area (TPSA) is 68.3 Å². The first-order valence-electron chi connectivity index (χ1n) is 6.42. The number of nitrogens with zero attached hydrogens (tertiary/aromatic N) is 1. The molecule has 3 aromatic rings. The van der Waals surface area contributed by atoms with Crippen molar-refractivity contribution in [1.82, 2.24) is 5.16 Å².